The van der Waals surface area contributed by atoms with Gasteiger partial charge in [-0.15, -0.1) is 0 Å². The summed E-state index contributed by atoms with van der Waals surface area (Å²) >= 11 is 0. The van der Waals surface area contributed by atoms with Gasteiger partial charge < -0.3 is 10.4 Å². The highest BCUT2D eigenvalue weighted by molar-refractivity contribution is 4.74. The predicted molar refractivity (Wildman–Crippen MR) is 46.5 cm³/mol. The van der Waals surface area contributed by atoms with Crippen LogP contribution in [0.4, 0.5) is 0 Å². The highest BCUT2D eigenvalue weighted by atomic mass is 16.2. The third kappa shape index (κ3) is 5.22. The topological polar surface area (TPSA) is 32.3 Å². The lowest BCUT2D eigenvalue weighted by Crippen LogP contribution is -2.17. The molecule has 11 heavy (non-hydrogen) atoms. The normalized spacial score (nSPS) is 17.2. The largest absolute Gasteiger partial charge is 0.396 e. The first-order chi connectivity index (χ1) is 5.43. The smallest absolute Gasteiger partial charge is 0.0431 e. The van der Waals surface area contributed by atoms with E-state index in [1.54, 1.807) is 0 Å². The van der Waals surface area contributed by atoms with Crippen LogP contribution >= 0.6 is 0 Å². The molecule has 0 aromatic carbocycles. The molecule has 1 rings (SSSR count). The van der Waals surface area contributed by atoms with E-state index in [0.29, 0.717) is 6.61 Å². The van der Waals surface area contributed by atoms with Gasteiger partial charge in [-0.2, -0.15) is 0 Å². The Bertz CT molecular complexity index is 91.6. The van der Waals surface area contributed by atoms with Crippen molar-refractivity contribution in [3.8, 4) is 0 Å². The number of unbranched alkanes of at least 4 members (excludes halogenated alkanes) is 2. The first-order valence-corrected chi connectivity index (χ1v) is 4.75. The number of aliphatic hydroxyl groups excluding tert-OH is 1. The first kappa shape index (κ1) is 9.01. The molecule has 2 N–H and O–H groups in total. The summed E-state index contributed by atoms with van der Waals surface area (Å²) in [5.41, 5.74) is 0. The summed E-state index contributed by atoms with van der Waals surface area (Å²) in [6.45, 7) is 2.71. The fourth-order valence-corrected chi connectivity index (χ4v) is 1.17. The molecule has 0 amide bonds. The minimum Gasteiger partial charge on any atom is -0.396 e. The average Bonchev–Trinajstić information content (AvgIpc) is 2.80. The minimum absolute atomic E-state index is 0.350. The Balaban J connectivity index is 1.66. The van der Waals surface area contributed by atoms with Crippen molar-refractivity contribution >= 4 is 0 Å². The van der Waals surface area contributed by atoms with E-state index < -0.39 is 0 Å². The van der Waals surface area contributed by atoms with Gasteiger partial charge in [-0.25, -0.2) is 0 Å². The highest BCUT2D eigenvalue weighted by Gasteiger charge is 2.19. The Morgan fingerprint density at radius 3 is 2.64 bits per heavy atom. The molecule has 0 heterocycles. The molecule has 1 aliphatic rings. The molecule has 0 aromatic heterocycles. The maximum atomic E-state index is 8.50. The highest BCUT2D eigenvalue weighted by Crippen LogP contribution is 2.27. The Labute approximate surface area is 69.0 Å². The fraction of sp³-hybridized carbons (Fsp3) is 1.00. The summed E-state index contributed by atoms with van der Waals surface area (Å²) in [4.78, 5) is 0. The van der Waals surface area contributed by atoms with Crippen LogP contribution in [0.5, 0.6) is 0 Å². The zero-order chi connectivity index (χ0) is 7.94. The summed E-state index contributed by atoms with van der Waals surface area (Å²) in [6, 6.07) is 0. The molecule has 1 saturated carbocycles. The summed E-state index contributed by atoms with van der Waals surface area (Å²) in [6.07, 6.45) is 6.21. The lowest BCUT2D eigenvalue weighted by Gasteiger charge is -2.01. The maximum Gasteiger partial charge on any atom is 0.0431 e. The van der Waals surface area contributed by atoms with Gasteiger partial charge in [-0.3, -0.25) is 0 Å². The van der Waals surface area contributed by atoms with Crippen molar-refractivity contribution in [2.45, 2.75) is 32.1 Å². The van der Waals surface area contributed by atoms with Crippen LogP contribution in [0.1, 0.15) is 32.1 Å². The molecule has 0 bridgehead atoms. The molecular weight excluding hydrogens is 138 g/mol. The second kappa shape index (κ2) is 5.56. The van der Waals surface area contributed by atoms with Crippen molar-refractivity contribution in [1.82, 2.24) is 5.32 Å². The summed E-state index contributed by atoms with van der Waals surface area (Å²) in [5, 5.41) is 11.9. The minimum atomic E-state index is 0.350. The van der Waals surface area contributed by atoms with E-state index in [-0.39, 0.29) is 0 Å². The molecule has 0 saturated heterocycles. The van der Waals surface area contributed by atoms with Crippen molar-refractivity contribution in [3.05, 3.63) is 0 Å². The van der Waals surface area contributed by atoms with Gasteiger partial charge >= 0.3 is 0 Å². The Morgan fingerprint density at radius 2 is 2.00 bits per heavy atom. The molecule has 0 radical (unpaired) electrons. The molecule has 0 aliphatic heterocycles. The van der Waals surface area contributed by atoms with E-state index in [4.69, 9.17) is 5.11 Å². The SMILES string of the molecule is OCCCCCNCC1CC1. The molecule has 2 heteroatoms. The zero-order valence-electron chi connectivity index (χ0n) is 7.18. The summed E-state index contributed by atoms with van der Waals surface area (Å²) < 4.78 is 0. The average molecular weight is 157 g/mol. The van der Waals surface area contributed by atoms with Gasteiger partial charge in [0.05, 0.1) is 0 Å². The van der Waals surface area contributed by atoms with E-state index in [1.165, 1.54) is 25.8 Å². The number of aliphatic hydroxyl groups is 1. The molecule has 1 aliphatic carbocycles. The van der Waals surface area contributed by atoms with Crippen molar-refractivity contribution in [2.75, 3.05) is 19.7 Å². The van der Waals surface area contributed by atoms with Gasteiger partial charge in [0.25, 0.3) is 0 Å². The van der Waals surface area contributed by atoms with E-state index in [1.807, 2.05) is 0 Å². The number of rotatable bonds is 7. The maximum absolute atomic E-state index is 8.50. The number of hydrogen-bond acceptors (Lipinski definition) is 2. The lowest BCUT2D eigenvalue weighted by molar-refractivity contribution is 0.283. The predicted octanol–water partition coefficient (Wildman–Crippen LogP) is 1.15. The van der Waals surface area contributed by atoms with Crippen LogP contribution in [0.3, 0.4) is 0 Å². The van der Waals surface area contributed by atoms with Crippen molar-refractivity contribution in [2.24, 2.45) is 5.92 Å². The van der Waals surface area contributed by atoms with Gasteiger partial charge in [-0.05, 0) is 51.1 Å². The van der Waals surface area contributed by atoms with Gasteiger partial charge in [0.1, 0.15) is 0 Å². The van der Waals surface area contributed by atoms with Crippen LogP contribution in [0.25, 0.3) is 0 Å². The van der Waals surface area contributed by atoms with Gasteiger partial charge in [0.2, 0.25) is 0 Å². The van der Waals surface area contributed by atoms with Crippen LogP contribution in [0.15, 0.2) is 0 Å². The Morgan fingerprint density at radius 1 is 1.18 bits per heavy atom. The van der Waals surface area contributed by atoms with Crippen LogP contribution in [-0.2, 0) is 0 Å². The summed E-state index contributed by atoms with van der Waals surface area (Å²) in [7, 11) is 0. The third-order valence-electron chi connectivity index (χ3n) is 2.14. The molecule has 0 spiro atoms. The molecule has 2 nitrogen and oxygen atoms in total. The molecular formula is C9H19NO. The number of nitrogens with one attached hydrogen (secondary N) is 1. The lowest BCUT2D eigenvalue weighted by atomic mass is 10.2. The second-order valence-corrected chi connectivity index (χ2v) is 3.43. The van der Waals surface area contributed by atoms with Crippen LogP contribution in [0, 0.1) is 5.92 Å². The number of hydrogen-bond donors (Lipinski definition) is 2. The van der Waals surface area contributed by atoms with Crippen LogP contribution in [0.2, 0.25) is 0 Å². The van der Waals surface area contributed by atoms with Gasteiger partial charge in [-0.1, -0.05) is 0 Å². The Kier molecular flexibility index (Phi) is 4.55. The molecule has 0 atom stereocenters. The second-order valence-electron chi connectivity index (χ2n) is 3.43. The van der Waals surface area contributed by atoms with Crippen molar-refractivity contribution in [1.29, 1.82) is 0 Å². The van der Waals surface area contributed by atoms with Crippen molar-refractivity contribution < 1.29 is 5.11 Å². The molecule has 66 valence electrons. The van der Waals surface area contributed by atoms with Gasteiger partial charge in [0.15, 0.2) is 0 Å². The standard InChI is InChI=1S/C9H19NO/c11-7-3-1-2-6-10-8-9-4-5-9/h9-11H,1-8H2. The Hall–Kier alpha value is -0.0800. The third-order valence-corrected chi connectivity index (χ3v) is 2.14. The fourth-order valence-electron chi connectivity index (χ4n) is 1.17. The quantitative estimate of drug-likeness (QED) is 0.543. The van der Waals surface area contributed by atoms with E-state index in [2.05, 4.69) is 5.32 Å². The molecule has 0 unspecified atom stereocenters. The van der Waals surface area contributed by atoms with Crippen LogP contribution < -0.4 is 5.32 Å². The van der Waals surface area contributed by atoms with Crippen LogP contribution in [-0.4, -0.2) is 24.8 Å². The zero-order valence-corrected chi connectivity index (χ0v) is 7.18. The van der Waals surface area contributed by atoms with Gasteiger partial charge in [0, 0.05) is 6.61 Å². The van der Waals surface area contributed by atoms with Crippen molar-refractivity contribution in [3.63, 3.8) is 0 Å². The molecule has 0 aromatic rings. The molecule has 1 fully saturated rings. The first-order valence-electron chi connectivity index (χ1n) is 4.75. The van der Waals surface area contributed by atoms with E-state index in [9.17, 15) is 0 Å². The summed E-state index contributed by atoms with van der Waals surface area (Å²) in [5.74, 6) is 0.993. The van der Waals surface area contributed by atoms with E-state index >= 15 is 0 Å². The van der Waals surface area contributed by atoms with E-state index in [0.717, 1.165) is 25.3 Å². The monoisotopic (exact) mass is 157 g/mol.